The fourth-order valence-corrected chi connectivity index (χ4v) is 3.47. The zero-order chi connectivity index (χ0) is 14.1. The van der Waals surface area contributed by atoms with Crippen LogP contribution in [0.2, 0.25) is 0 Å². The molecule has 0 saturated heterocycles. The largest absolute Gasteiger partial charge is 0.508 e. The molecule has 4 heteroatoms. The highest BCUT2D eigenvalue weighted by Gasteiger charge is 2.21. The van der Waals surface area contributed by atoms with Crippen LogP contribution in [0.1, 0.15) is 30.0 Å². The van der Waals surface area contributed by atoms with Gasteiger partial charge in [0.1, 0.15) is 5.75 Å². The summed E-state index contributed by atoms with van der Waals surface area (Å²) in [6.45, 7) is 0. The normalized spacial score (nSPS) is 17.6. The third-order valence-electron chi connectivity index (χ3n) is 3.70. The summed E-state index contributed by atoms with van der Waals surface area (Å²) in [7, 11) is 0. The zero-order valence-corrected chi connectivity index (χ0v) is 14.0. The number of hydrogen-bond donors (Lipinski definition) is 2. The topological polar surface area (TPSA) is 32.3 Å². The maximum absolute atomic E-state index is 9.61. The van der Waals surface area contributed by atoms with E-state index in [1.54, 1.807) is 6.07 Å². The van der Waals surface area contributed by atoms with Crippen molar-refractivity contribution in [1.82, 2.24) is 0 Å². The first kappa shape index (κ1) is 14.0. The van der Waals surface area contributed by atoms with Crippen molar-refractivity contribution in [1.29, 1.82) is 0 Å². The lowest BCUT2D eigenvalue weighted by molar-refractivity contribution is 0.472. The van der Waals surface area contributed by atoms with Crippen LogP contribution >= 0.6 is 31.9 Å². The SMILES string of the molecule is Oc1ccc2c(c1)CCCC2Nc1cc(Br)ccc1Br. The van der Waals surface area contributed by atoms with Crippen molar-refractivity contribution in [2.24, 2.45) is 0 Å². The molecular formula is C16H15Br2NO. The minimum absolute atomic E-state index is 0.296. The second-order valence-corrected chi connectivity index (χ2v) is 6.87. The van der Waals surface area contributed by atoms with Crippen LogP contribution in [-0.4, -0.2) is 5.11 Å². The van der Waals surface area contributed by atoms with Gasteiger partial charge in [-0.05, 0) is 76.7 Å². The van der Waals surface area contributed by atoms with E-state index in [1.165, 1.54) is 11.1 Å². The van der Waals surface area contributed by atoms with Crippen molar-refractivity contribution >= 4 is 37.5 Å². The van der Waals surface area contributed by atoms with Gasteiger partial charge < -0.3 is 10.4 Å². The fraction of sp³-hybridized carbons (Fsp3) is 0.250. The van der Waals surface area contributed by atoms with Crippen LogP contribution < -0.4 is 5.32 Å². The summed E-state index contributed by atoms with van der Waals surface area (Å²) in [5.74, 6) is 0.355. The molecule has 3 rings (SSSR count). The zero-order valence-electron chi connectivity index (χ0n) is 10.9. The molecule has 0 radical (unpaired) electrons. The van der Waals surface area contributed by atoms with Gasteiger partial charge in [-0.15, -0.1) is 0 Å². The third-order valence-corrected chi connectivity index (χ3v) is 4.88. The van der Waals surface area contributed by atoms with Crippen LogP contribution in [0.15, 0.2) is 45.3 Å². The molecule has 1 aliphatic carbocycles. The van der Waals surface area contributed by atoms with Crippen molar-refractivity contribution in [3.63, 3.8) is 0 Å². The van der Waals surface area contributed by atoms with Crippen molar-refractivity contribution in [3.05, 3.63) is 56.5 Å². The average Bonchev–Trinajstić information content (AvgIpc) is 2.43. The Morgan fingerprint density at radius 1 is 1.10 bits per heavy atom. The summed E-state index contributed by atoms with van der Waals surface area (Å²) < 4.78 is 2.12. The summed E-state index contributed by atoms with van der Waals surface area (Å²) >= 11 is 7.09. The first-order chi connectivity index (χ1) is 9.63. The number of hydrogen-bond acceptors (Lipinski definition) is 2. The maximum Gasteiger partial charge on any atom is 0.115 e. The van der Waals surface area contributed by atoms with Gasteiger partial charge in [-0.2, -0.15) is 0 Å². The lowest BCUT2D eigenvalue weighted by Crippen LogP contribution is -2.17. The highest BCUT2D eigenvalue weighted by Crippen LogP contribution is 2.36. The Bertz CT molecular complexity index is 642. The molecule has 0 bridgehead atoms. The quantitative estimate of drug-likeness (QED) is 0.711. The Morgan fingerprint density at radius 2 is 1.95 bits per heavy atom. The summed E-state index contributed by atoms with van der Waals surface area (Å²) in [6.07, 6.45) is 3.29. The number of phenolic OH excluding ortho intramolecular Hbond substituents is 1. The van der Waals surface area contributed by atoms with E-state index in [1.807, 2.05) is 24.3 Å². The molecule has 0 spiro atoms. The molecule has 1 aliphatic rings. The van der Waals surface area contributed by atoms with Crippen LogP contribution in [0.5, 0.6) is 5.75 Å². The Morgan fingerprint density at radius 3 is 2.80 bits per heavy atom. The summed E-state index contributed by atoms with van der Waals surface area (Å²) in [5.41, 5.74) is 3.63. The number of halogens is 2. The molecule has 1 unspecified atom stereocenters. The van der Waals surface area contributed by atoms with Gasteiger partial charge in [0.15, 0.2) is 0 Å². The van der Waals surface area contributed by atoms with E-state index in [0.29, 0.717) is 11.8 Å². The molecule has 20 heavy (non-hydrogen) atoms. The van der Waals surface area contributed by atoms with E-state index < -0.39 is 0 Å². The number of nitrogens with one attached hydrogen (secondary N) is 1. The van der Waals surface area contributed by atoms with E-state index in [4.69, 9.17) is 0 Å². The number of benzene rings is 2. The van der Waals surface area contributed by atoms with Crippen LogP contribution in [0.3, 0.4) is 0 Å². The van der Waals surface area contributed by atoms with Crippen molar-refractivity contribution in [3.8, 4) is 5.75 Å². The van der Waals surface area contributed by atoms with E-state index in [9.17, 15) is 5.11 Å². The number of aryl methyl sites for hydroxylation is 1. The summed E-state index contributed by atoms with van der Waals surface area (Å²) in [4.78, 5) is 0. The molecule has 2 nitrogen and oxygen atoms in total. The smallest absolute Gasteiger partial charge is 0.115 e. The van der Waals surface area contributed by atoms with Crippen molar-refractivity contribution in [2.45, 2.75) is 25.3 Å². The molecule has 0 aliphatic heterocycles. The number of aromatic hydroxyl groups is 1. The van der Waals surface area contributed by atoms with Gasteiger partial charge in [0.05, 0.1) is 11.7 Å². The van der Waals surface area contributed by atoms with Gasteiger partial charge in [0.25, 0.3) is 0 Å². The van der Waals surface area contributed by atoms with Gasteiger partial charge in [-0.3, -0.25) is 0 Å². The standard InChI is InChI=1S/C16H15Br2NO/c17-11-4-7-14(18)16(9-11)19-15-3-1-2-10-8-12(20)5-6-13(10)15/h4-9,15,19-20H,1-3H2. The molecule has 0 amide bonds. The predicted molar refractivity (Wildman–Crippen MR) is 89.3 cm³/mol. The third kappa shape index (κ3) is 2.86. The van der Waals surface area contributed by atoms with Crippen molar-refractivity contribution < 1.29 is 5.11 Å². The Kier molecular flexibility index (Phi) is 4.03. The number of fused-ring (bicyclic) bond motifs is 1. The highest BCUT2D eigenvalue weighted by molar-refractivity contribution is 9.11. The molecule has 1 atom stereocenters. The molecule has 0 heterocycles. The number of phenols is 1. The Labute approximate surface area is 135 Å². The van der Waals surface area contributed by atoms with Crippen LogP contribution in [-0.2, 0) is 6.42 Å². The molecule has 104 valence electrons. The molecule has 2 N–H and O–H groups in total. The number of rotatable bonds is 2. The fourth-order valence-electron chi connectivity index (χ4n) is 2.75. The Hall–Kier alpha value is -1.000. The lowest BCUT2D eigenvalue weighted by Gasteiger charge is -2.28. The van der Waals surface area contributed by atoms with E-state index in [2.05, 4.69) is 43.2 Å². The van der Waals surface area contributed by atoms with E-state index >= 15 is 0 Å². The second kappa shape index (κ2) is 5.78. The van der Waals surface area contributed by atoms with Crippen LogP contribution in [0, 0.1) is 0 Å². The molecule has 2 aromatic rings. The van der Waals surface area contributed by atoms with Crippen molar-refractivity contribution in [2.75, 3.05) is 5.32 Å². The van der Waals surface area contributed by atoms with Gasteiger partial charge in [-0.1, -0.05) is 22.0 Å². The summed E-state index contributed by atoms with van der Waals surface area (Å²) in [5, 5.41) is 13.2. The Balaban J connectivity index is 1.91. The van der Waals surface area contributed by atoms with Gasteiger partial charge >= 0.3 is 0 Å². The molecule has 0 saturated carbocycles. The minimum Gasteiger partial charge on any atom is -0.508 e. The maximum atomic E-state index is 9.61. The van der Waals surface area contributed by atoms with Crippen LogP contribution in [0.4, 0.5) is 5.69 Å². The lowest BCUT2D eigenvalue weighted by atomic mass is 9.87. The minimum atomic E-state index is 0.296. The number of anilines is 1. The van der Waals surface area contributed by atoms with E-state index in [0.717, 1.165) is 33.9 Å². The molecule has 2 aromatic carbocycles. The van der Waals surface area contributed by atoms with Gasteiger partial charge in [-0.25, -0.2) is 0 Å². The van der Waals surface area contributed by atoms with Gasteiger partial charge in [0, 0.05) is 8.95 Å². The average molecular weight is 397 g/mol. The predicted octanol–water partition coefficient (Wildman–Crippen LogP) is 5.41. The van der Waals surface area contributed by atoms with E-state index in [-0.39, 0.29) is 0 Å². The first-order valence-electron chi connectivity index (χ1n) is 6.67. The van der Waals surface area contributed by atoms with Gasteiger partial charge in [0.2, 0.25) is 0 Å². The highest BCUT2D eigenvalue weighted by atomic mass is 79.9. The van der Waals surface area contributed by atoms with Crippen LogP contribution in [0.25, 0.3) is 0 Å². The summed E-state index contributed by atoms with van der Waals surface area (Å²) in [6, 6.07) is 12.1. The molecule has 0 fully saturated rings. The molecule has 0 aromatic heterocycles. The second-order valence-electron chi connectivity index (χ2n) is 5.10. The first-order valence-corrected chi connectivity index (χ1v) is 8.25. The molecular weight excluding hydrogens is 382 g/mol. The monoisotopic (exact) mass is 395 g/mol.